The first-order valence-corrected chi connectivity index (χ1v) is 7.33. The van der Waals surface area contributed by atoms with Crippen LogP contribution in [0.25, 0.3) is 0 Å². The smallest absolute Gasteiger partial charge is 0.150 e. The maximum atomic E-state index is 10.8. The van der Waals surface area contributed by atoms with Gasteiger partial charge in [0, 0.05) is 5.56 Å². The molecule has 3 heteroatoms. The predicted octanol–water partition coefficient (Wildman–Crippen LogP) is 4.34. The zero-order valence-electron chi connectivity index (χ0n) is 11.7. The second-order valence-corrected chi connectivity index (χ2v) is 5.98. The third kappa shape index (κ3) is 4.37. The standard InChI is InChI=1S/C15H22O2S/c1-11(2)6-5-7-18-15-12(3)8-13(10-16)9-14(15)17-4/h8-11H,5-7H2,1-4H3. The molecule has 100 valence electrons. The molecule has 0 heterocycles. The van der Waals surface area contributed by atoms with Gasteiger partial charge >= 0.3 is 0 Å². The van der Waals surface area contributed by atoms with E-state index in [0.29, 0.717) is 5.56 Å². The van der Waals surface area contributed by atoms with Crippen molar-refractivity contribution < 1.29 is 9.53 Å². The first kappa shape index (κ1) is 15.1. The summed E-state index contributed by atoms with van der Waals surface area (Å²) in [7, 11) is 1.65. The number of carbonyl (C=O) groups excluding carboxylic acids is 1. The Morgan fingerprint density at radius 2 is 2.11 bits per heavy atom. The lowest BCUT2D eigenvalue weighted by Crippen LogP contribution is -1.94. The molecule has 0 saturated heterocycles. The number of hydrogen-bond donors (Lipinski definition) is 0. The van der Waals surface area contributed by atoms with Crippen molar-refractivity contribution in [2.24, 2.45) is 5.92 Å². The number of hydrogen-bond acceptors (Lipinski definition) is 3. The van der Waals surface area contributed by atoms with Gasteiger partial charge in [-0.1, -0.05) is 20.3 Å². The summed E-state index contributed by atoms with van der Waals surface area (Å²) in [6.45, 7) is 6.52. The monoisotopic (exact) mass is 266 g/mol. The second kappa shape index (κ2) is 7.47. The van der Waals surface area contributed by atoms with Crippen LogP contribution in [0.2, 0.25) is 0 Å². The van der Waals surface area contributed by atoms with Crippen molar-refractivity contribution in [1.29, 1.82) is 0 Å². The molecular formula is C15H22O2S. The molecular weight excluding hydrogens is 244 g/mol. The van der Waals surface area contributed by atoms with Crippen LogP contribution in [0.15, 0.2) is 17.0 Å². The molecule has 0 bridgehead atoms. The first-order chi connectivity index (χ1) is 8.58. The summed E-state index contributed by atoms with van der Waals surface area (Å²) in [6, 6.07) is 3.73. The van der Waals surface area contributed by atoms with Gasteiger partial charge in [-0.15, -0.1) is 11.8 Å². The molecule has 0 aliphatic rings. The molecule has 1 rings (SSSR count). The summed E-state index contributed by atoms with van der Waals surface area (Å²) >= 11 is 1.82. The Balaban J connectivity index is 2.72. The van der Waals surface area contributed by atoms with Gasteiger partial charge in [0.1, 0.15) is 12.0 Å². The quantitative estimate of drug-likeness (QED) is 0.417. The molecule has 0 fully saturated rings. The average Bonchev–Trinajstić information content (AvgIpc) is 2.34. The fourth-order valence-electron chi connectivity index (χ4n) is 1.84. The minimum absolute atomic E-state index is 0.677. The van der Waals surface area contributed by atoms with Gasteiger partial charge in [0.2, 0.25) is 0 Å². The van der Waals surface area contributed by atoms with Crippen molar-refractivity contribution >= 4 is 18.0 Å². The van der Waals surface area contributed by atoms with E-state index in [9.17, 15) is 4.79 Å². The molecule has 0 spiro atoms. The third-order valence-electron chi connectivity index (χ3n) is 2.79. The lowest BCUT2D eigenvalue weighted by molar-refractivity contribution is 0.112. The van der Waals surface area contributed by atoms with Crippen molar-refractivity contribution in [2.45, 2.75) is 38.5 Å². The molecule has 0 aliphatic carbocycles. The number of ether oxygens (including phenoxy) is 1. The third-order valence-corrected chi connectivity index (χ3v) is 4.10. The van der Waals surface area contributed by atoms with Crippen molar-refractivity contribution in [3.63, 3.8) is 0 Å². The zero-order valence-corrected chi connectivity index (χ0v) is 12.5. The number of aldehydes is 1. The topological polar surface area (TPSA) is 26.3 Å². The minimum atomic E-state index is 0.677. The van der Waals surface area contributed by atoms with Crippen LogP contribution in [-0.4, -0.2) is 19.1 Å². The van der Waals surface area contributed by atoms with Crippen molar-refractivity contribution in [3.05, 3.63) is 23.3 Å². The minimum Gasteiger partial charge on any atom is -0.496 e. The van der Waals surface area contributed by atoms with E-state index >= 15 is 0 Å². The summed E-state index contributed by atoms with van der Waals surface area (Å²) in [6.07, 6.45) is 3.32. The highest BCUT2D eigenvalue weighted by Gasteiger charge is 2.09. The lowest BCUT2D eigenvalue weighted by Gasteiger charge is -2.12. The summed E-state index contributed by atoms with van der Waals surface area (Å²) < 4.78 is 5.37. The summed E-state index contributed by atoms with van der Waals surface area (Å²) in [4.78, 5) is 12.0. The Labute approximate surface area is 114 Å². The van der Waals surface area contributed by atoms with Gasteiger partial charge in [-0.2, -0.15) is 0 Å². The van der Waals surface area contributed by atoms with E-state index in [2.05, 4.69) is 13.8 Å². The van der Waals surface area contributed by atoms with E-state index < -0.39 is 0 Å². The Morgan fingerprint density at radius 3 is 2.67 bits per heavy atom. The summed E-state index contributed by atoms with van der Waals surface area (Å²) in [5.41, 5.74) is 1.79. The molecule has 0 aromatic heterocycles. The van der Waals surface area contributed by atoms with Crippen LogP contribution < -0.4 is 4.74 Å². The SMILES string of the molecule is COc1cc(C=O)cc(C)c1SCCCC(C)C. The molecule has 2 nitrogen and oxygen atoms in total. The van der Waals surface area contributed by atoms with Crippen molar-refractivity contribution in [2.75, 3.05) is 12.9 Å². The molecule has 0 atom stereocenters. The predicted molar refractivity (Wildman–Crippen MR) is 77.9 cm³/mol. The van der Waals surface area contributed by atoms with Gasteiger partial charge in [0.15, 0.2) is 0 Å². The highest BCUT2D eigenvalue weighted by molar-refractivity contribution is 7.99. The lowest BCUT2D eigenvalue weighted by atomic mass is 10.1. The Kier molecular flexibility index (Phi) is 6.27. The van der Waals surface area contributed by atoms with Crippen LogP contribution in [0.1, 0.15) is 42.6 Å². The van der Waals surface area contributed by atoms with Gasteiger partial charge in [-0.3, -0.25) is 4.79 Å². The molecule has 0 aliphatic heterocycles. The number of rotatable bonds is 7. The number of thioether (sulfide) groups is 1. The fourth-order valence-corrected chi connectivity index (χ4v) is 2.93. The molecule has 0 saturated carbocycles. The summed E-state index contributed by atoms with van der Waals surface area (Å²) in [5.74, 6) is 2.66. The second-order valence-electron chi connectivity index (χ2n) is 4.87. The van der Waals surface area contributed by atoms with Crippen LogP contribution in [-0.2, 0) is 0 Å². The zero-order chi connectivity index (χ0) is 13.5. The molecule has 0 amide bonds. The van der Waals surface area contributed by atoms with Gasteiger partial charge in [0.05, 0.1) is 12.0 Å². The van der Waals surface area contributed by atoms with Crippen LogP contribution >= 0.6 is 11.8 Å². The van der Waals surface area contributed by atoms with Gasteiger partial charge in [-0.25, -0.2) is 0 Å². The number of carbonyl (C=O) groups is 1. The van der Waals surface area contributed by atoms with E-state index in [-0.39, 0.29) is 0 Å². The van der Waals surface area contributed by atoms with Crippen LogP contribution in [0.3, 0.4) is 0 Å². The van der Waals surface area contributed by atoms with Gasteiger partial charge in [-0.05, 0) is 42.7 Å². The molecule has 1 aromatic carbocycles. The highest BCUT2D eigenvalue weighted by Crippen LogP contribution is 2.34. The maximum absolute atomic E-state index is 10.8. The Morgan fingerprint density at radius 1 is 1.39 bits per heavy atom. The van der Waals surface area contributed by atoms with E-state index in [0.717, 1.165) is 34.2 Å². The highest BCUT2D eigenvalue weighted by atomic mass is 32.2. The molecule has 18 heavy (non-hydrogen) atoms. The van der Waals surface area contributed by atoms with E-state index in [1.165, 1.54) is 12.8 Å². The Hall–Kier alpha value is -0.960. The van der Waals surface area contributed by atoms with Gasteiger partial charge in [0.25, 0.3) is 0 Å². The van der Waals surface area contributed by atoms with Crippen LogP contribution in [0.4, 0.5) is 0 Å². The molecule has 0 unspecified atom stereocenters. The number of methoxy groups -OCH3 is 1. The number of aryl methyl sites for hydroxylation is 1. The first-order valence-electron chi connectivity index (χ1n) is 6.35. The van der Waals surface area contributed by atoms with Crippen LogP contribution in [0.5, 0.6) is 5.75 Å². The number of benzene rings is 1. The average molecular weight is 266 g/mol. The largest absolute Gasteiger partial charge is 0.496 e. The molecule has 0 radical (unpaired) electrons. The summed E-state index contributed by atoms with van der Waals surface area (Å²) in [5, 5.41) is 0. The van der Waals surface area contributed by atoms with E-state index in [1.54, 1.807) is 7.11 Å². The molecule has 0 N–H and O–H groups in total. The van der Waals surface area contributed by atoms with E-state index in [4.69, 9.17) is 4.74 Å². The normalized spacial score (nSPS) is 10.7. The Bertz CT molecular complexity index is 400. The molecule has 1 aromatic rings. The van der Waals surface area contributed by atoms with Crippen LogP contribution in [0, 0.1) is 12.8 Å². The maximum Gasteiger partial charge on any atom is 0.150 e. The fraction of sp³-hybridized carbons (Fsp3) is 0.533. The van der Waals surface area contributed by atoms with E-state index in [1.807, 2.05) is 30.8 Å². The van der Waals surface area contributed by atoms with Crippen molar-refractivity contribution in [3.8, 4) is 5.75 Å². The van der Waals surface area contributed by atoms with Crippen molar-refractivity contribution in [1.82, 2.24) is 0 Å². The van der Waals surface area contributed by atoms with Gasteiger partial charge < -0.3 is 4.74 Å².